The second kappa shape index (κ2) is 7.97. The Bertz CT molecular complexity index is 1290. The second-order valence-electron chi connectivity index (χ2n) is 9.24. The molecule has 0 amide bonds. The molecule has 2 aromatic rings. The van der Waals surface area contributed by atoms with Crippen molar-refractivity contribution in [3.8, 4) is 0 Å². The molecule has 0 saturated carbocycles. The molecule has 1 aliphatic carbocycles. The molecule has 4 nitrogen and oxygen atoms in total. The normalized spacial score (nSPS) is 16.5. The summed E-state index contributed by atoms with van der Waals surface area (Å²) < 4.78 is 2.97. The van der Waals surface area contributed by atoms with Crippen molar-refractivity contribution in [2.75, 3.05) is 33.1 Å². The first kappa shape index (κ1) is 23.0. The lowest BCUT2D eigenvalue weighted by molar-refractivity contribution is -0.462. The molecule has 1 aromatic carbocycles. The molecular weight excluding hydrogens is 500 g/mol. The van der Waals surface area contributed by atoms with Crippen molar-refractivity contribution in [1.82, 2.24) is 0 Å². The number of carboxylic acids is 1. The number of halogens is 1. The zero-order valence-electron chi connectivity index (χ0n) is 19.5. The van der Waals surface area contributed by atoms with Crippen LogP contribution >= 0.6 is 27.3 Å². The minimum absolute atomic E-state index is 0.277. The van der Waals surface area contributed by atoms with Crippen molar-refractivity contribution in [1.29, 1.82) is 0 Å². The quantitative estimate of drug-likeness (QED) is 0.452. The summed E-state index contributed by atoms with van der Waals surface area (Å²) in [4.78, 5) is 15.1. The van der Waals surface area contributed by atoms with Crippen molar-refractivity contribution in [3.05, 3.63) is 72.6 Å². The summed E-state index contributed by atoms with van der Waals surface area (Å²) in [6.07, 6.45) is 6.68. The standard InChI is InChI=1S/C25H27BrN2O2SSi/c1-14-22(26)24(31-23(14)25(29)30)21-17-10-8-15(27(2)3)12-19(17)32(6,7)20-13-16(28(4)5)9-11-18(20)21/h8-13H,1-7H3. The molecule has 0 spiro atoms. The molecule has 2 aliphatic rings. The molecule has 4 rings (SSSR count). The molecule has 0 fully saturated rings. The van der Waals surface area contributed by atoms with E-state index in [1.165, 1.54) is 44.3 Å². The van der Waals surface area contributed by atoms with Crippen molar-refractivity contribution >= 4 is 63.5 Å². The summed E-state index contributed by atoms with van der Waals surface area (Å²) in [5.41, 5.74) is 6.57. The zero-order chi connectivity index (χ0) is 23.5. The Morgan fingerprint density at radius 1 is 1.19 bits per heavy atom. The van der Waals surface area contributed by atoms with Crippen LogP contribution in [0.2, 0.25) is 13.1 Å². The SMILES string of the molecule is Cc1c(C(=O)[O-])sc(C2=C3C=CC(=[N+](C)C)C=C3[Si](C)(C)c3cc(N(C)C)ccc32)c1Br. The monoisotopic (exact) mass is 526 g/mol. The zero-order valence-corrected chi connectivity index (χ0v) is 22.9. The van der Waals surface area contributed by atoms with Crippen LogP contribution in [0.15, 0.2) is 51.7 Å². The number of hydrogen-bond acceptors (Lipinski definition) is 4. The maximum atomic E-state index is 11.8. The first-order valence-corrected chi connectivity index (χ1v) is 15.1. The van der Waals surface area contributed by atoms with Crippen LogP contribution in [0.1, 0.15) is 25.7 Å². The minimum Gasteiger partial charge on any atom is -0.544 e. The van der Waals surface area contributed by atoms with Crippen molar-refractivity contribution < 1.29 is 14.5 Å². The lowest BCUT2D eigenvalue weighted by atomic mass is 9.93. The van der Waals surface area contributed by atoms with Gasteiger partial charge in [-0.25, -0.2) is 4.58 Å². The van der Waals surface area contributed by atoms with Gasteiger partial charge in [0.2, 0.25) is 0 Å². The molecular formula is C25H27BrN2O2SSi. The van der Waals surface area contributed by atoms with Gasteiger partial charge in [0.25, 0.3) is 0 Å². The fourth-order valence-corrected chi connectivity index (χ4v) is 9.42. The number of hydrogen-bond donors (Lipinski definition) is 0. The predicted octanol–water partition coefficient (Wildman–Crippen LogP) is 3.73. The maximum Gasteiger partial charge on any atom is 0.199 e. The first-order chi connectivity index (χ1) is 14.9. The smallest absolute Gasteiger partial charge is 0.199 e. The van der Waals surface area contributed by atoms with Gasteiger partial charge in [0.1, 0.15) is 22.2 Å². The summed E-state index contributed by atoms with van der Waals surface area (Å²) in [5.74, 6) is -1.13. The summed E-state index contributed by atoms with van der Waals surface area (Å²) in [6, 6.07) is 6.68. The third-order valence-electron chi connectivity index (χ3n) is 6.41. The number of carbonyl (C=O) groups is 1. The van der Waals surface area contributed by atoms with Crippen LogP contribution in [0, 0.1) is 6.92 Å². The van der Waals surface area contributed by atoms with Crippen molar-refractivity contribution in [2.45, 2.75) is 20.0 Å². The lowest BCUT2D eigenvalue weighted by Gasteiger charge is -2.38. The Labute approximate surface area is 203 Å². The summed E-state index contributed by atoms with van der Waals surface area (Å²) in [6.45, 7) is 6.65. The van der Waals surface area contributed by atoms with Gasteiger partial charge in [-0.15, -0.1) is 11.3 Å². The molecule has 0 unspecified atom stereocenters. The van der Waals surface area contributed by atoms with Crippen LogP contribution in [0.4, 0.5) is 5.69 Å². The van der Waals surface area contributed by atoms with Gasteiger partial charge in [0.15, 0.2) is 5.71 Å². The van der Waals surface area contributed by atoms with Gasteiger partial charge in [-0.3, -0.25) is 0 Å². The highest BCUT2D eigenvalue weighted by atomic mass is 79.9. The second-order valence-corrected chi connectivity index (χ2v) is 15.4. The van der Waals surface area contributed by atoms with Crippen LogP contribution in [-0.4, -0.2) is 52.5 Å². The third-order valence-corrected chi connectivity index (χ3v) is 12.5. The molecule has 166 valence electrons. The van der Waals surface area contributed by atoms with E-state index in [1.807, 2.05) is 6.92 Å². The number of rotatable bonds is 3. The molecule has 0 saturated heterocycles. The van der Waals surface area contributed by atoms with Crippen LogP contribution in [0.3, 0.4) is 0 Å². The van der Waals surface area contributed by atoms with Gasteiger partial charge in [-0.05, 0) is 68.1 Å². The highest BCUT2D eigenvalue weighted by Gasteiger charge is 2.41. The Morgan fingerprint density at radius 3 is 2.44 bits per heavy atom. The maximum absolute atomic E-state index is 11.8. The van der Waals surface area contributed by atoms with Crippen molar-refractivity contribution in [3.63, 3.8) is 0 Å². The Kier molecular flexibility index (Phi) is 5.72. The Morgan fingerprint density at radius 2 is 1.88 bits per heavy atom. The van der Waals surface area contributed by atoms with E-state index in [1.54, 1.807) is 0 Å². The van der Waals surface area contributed by atoms with E-state index < -0.39 is 14.0 Å². The Balaban J connectivity index is 2.12. The molecule has 32 heavy (non-hydrogen) atoms. The molecule has 7 heteroatoms. The average molecular weight is 528 g/mol. The van der Waals surface area contributed by atoms with Gasteiger partial charge in [0, 0.05) is 42.0 Å². The number of thiophene rings is 1. The van der Waals surface area contributed by atoms with Crippen LogP contribution < -0.4 is 15.2 Å². The highest BCUT2D eigenvalue weighted by Crippen LogP contribution is 2.47. The van der Waals surface area contributed by atoms with E-state index in [0.29, 0.717) is 0 Å². The first-order valence-electron chi connectivity index (χ1n) is 10.5. The largest absolute Gasteiger partial charge is 0.544 e. The lowest BCUT2D eigenvalue weighted by Crippen LogP contribution is -2.49. The van der Waals surface area contributed by atoms with E-state index in [-0.39, 0.29) is 4.88 Å². The van der Waals surface area contributed by atoms with Crippen LogP contribution in [-0.2, 0) is 0 Å². The fraction of sp³-hybridized carbons (Fsp3) is 0.280. The Hall–Kier alpha value is -2.22. The number of allylic oxidation sites excluding steroid dienone is 5. The molecule has 0 radical (unpaired) electrons. The van der Waals surface area contributed by atoms with Crippen LogP contribution in [0.25, 0.3) is 5.57 Å². The number of fused-ring (bicyclic) bond motifs is 2. The minimum atomic E-state index is -2.02. The van der Waals surface area contributed by atoms with E-state index in [4.69, 9.17) is 0 Å². The van der Waals surface area contributed by atoms with Gasteiger partial charge in [0.05, 0.1) is 15.7 Å². The molecule has 0 atom stereocenters. The van der Waals surface area contributed by atoms with E-state index >= 15 is 0 Å². The predicted molar refractivity (Wildman–Crippen MR) is 139 cm³/mol. The number of aromatic carboxylic acids is 1. The van der Waals surface area contributed by atoms with E-state index in [9.17, 15) is 9.90 Å². The fourth-order valence-electron chi connectivity index (χ4n) is 4.47. The number of benzene rings is 1. The van der Waals surface area contributed by atoms with Gasteiger partial charge >= 0.3 is 0 Å². The number of carbonyl (C=O) groups excluding carboxylic acids is 1. The average Bonchev–Trinajstić information content (AvgIpc) is 3.02. The molecule has 2 heterocycles. The number of nitrogens with zero attached hydrogens (tertiary/aromatic N) is 2. The topological polar surface area (TPSA) is 46.4 Å². The number of anilines is 1. The van der Waals surface area contributed by atoms with Gasteiger partial charge in [-0.1, -0.05) is 19.2 Å². The highest BCUT2D eigenvalue weighted by molar-refractivity contribution is 9.10. The van der Waals surface area contributed by atoms with Gasteiger partial charge in [-0.2, -0.15) is 0 Å². The van der Waals surface area contributed by atoms with Crippen LogP contribution in [0.5, 0.6) is 0 Å². The summed E-state index contributed by atoms with van der Waals surface area (Å²) >= 11 is 5.00. The molecule has 1 aliphatic heterocycles. The molecule has 0 N–H and O–H groups in total. The molecule has 0 bridgehead atoms. The van der Waals surface area contributed by atoms with E-state index in [0.717, 1.165) is 20.5 Å². The molecule has 1 aromatic heterocycles. The number of carboxylic acid groups (broad SMARTS) is 1. The summed E-state index contributed by atoms with van der Waals surface area (Å²) in [7, 11) is 6.23. The third kappa shape index (κ3) is 3.47. The van der Waals surface area contributed by atoms with E-state index in [2.05, 4.69) is 103 Å². The van der Waals surface area contributed by atoms with Crippen molar-refractivity contribution in [2.24, 2.45) is 0 Å². The summed E-state index contributed by atoms with van der Waals surface area (Å²) in [5, 5.41) is 14.5. The van der Waals surface area contributed by atoms with Gasteiger partial charge < -0.3 is 14.8 Å².